The van der Waals surface area contributed by atoms with Gasteiger partial charge in [0.25, 0.3) is 0 Å². The summed E-state index contributed by atoms with van der Waals surface area (Å²) in [5.74, 6) is 1.65. The standard InChI is InChI=1S/C14H20N2O2S/c1-10-8-13(19-11(10)2)12-9-16-14(18-12)4-5-15-6-7-17-3/h8-9,15H,4-7H2,1-3H3. The first kappa shape index (κ1) is 14.2. The first-order chi connectivity index (χ1) is 9.20. The third-order valence-electron chi connectivity index (χ3n) is 2.96. The van der Waals surface area contributed by atoms with Crippen LogP contribution in [0.25, 0.3) is 10.6 Å². The van der Waals surface area contributed by atoms with Gasteiger partial charge in [-0.1, -0.05) is 0 Å². The van der Waals surface area contributed by atoms with E-state index in [1.165, 1.54) is 10.4 Å². The average Bonchev–Trinajstić information content (AvgIpc) is 2.97. The van der Waals surface area contributed by atoms with Gasteiger partial charge in [-0.05, 0) is 25.5 Å². The highest BCUT2D eigenvalue weighted by atomic mass is 32.1. The molecule has 4 nitrogen and oxygen atoms in total. The fourth-order valence-corrected chi connectivity index (χ4v) is 2.71. The second-order valence-corrected chi connectivity index (χ2v) is 5.72. The molecular weight excluding hydrogens is 260 g/mol. The lowest BCUT2D eigenvalue weighted by molar-refractivity contribution is 0.199. The van der Waals surface area contributed by atoms with E-state index in [1.807, 2.05) is 6.20 Å². The van der Waals surface area contributed by atoms with Crippen LogP contribution in [0, 0.1) is 13.8 Å². The topological polar surface area (TPSA) is 47.3 Å². The number of aryl methyl sites for hydroxylation is 2. The number of oxazole rings is 1. The highest BCUT2D eigenvalue weighted by Gasteiger charge is 2.09. The maximum Gasteiger partial charge on any atom is 0.196 e. The summed E-state index contributed by atoms with van der Waals surface area (Å²) in [6, 6.07) is 2.15. The molecule has 1 N–H and O–H groups in total. The van der Waals surface area contributed by atoms with Crippen LogP contribution in [0.5, 0.6) is 0 Å². The molecule has 0 fully saturated rings. The van der Waals surface area contributed by atoms with Crippen LogP contribution >= 0.6 is 11.3 Å². The molecule has 19 heavy (non-hydrogen) atoms. The Morgan fingerprint density at radius 1 is 1.37 bits per heavy atom. The van der Waals surface area contributed by atoms with Crippen LogP contribution in [-0.4, -0.2) is 31.8 Å². The van der Waals surface area contributed by atoms with E-state index in [2.05, 4.69) is 30.2 Å². The van der Waals surface area contributed by atoms with Crippen molar-refractivity contribution in [2.24, 2.45) is 0 Å². The first-order valence-electron chi connectivity index (χ1n) is 6.42. The van der Waals surface area contributed by atoms with E-state index in [0.717, 1.165) is 42.6 Å². The molecule has 0 aliphatic carbocycles. The van der Waals surface area contributed by atoms with Gasteiger partial charge in [0, 0.05) is 31.5 Å². The van der Waals surface area contributed by atoms with E-state index in [0.29, 0.717) is 0 Å². The molecule has 0 saturated carbocycles. The molecule has 5 heteroatoms. The Hall–Kier alpha value is -1.17. The molecule has 0 aromatic carbocycles. The minimum atomic E-state index is 0.727. The number of thiophene rings is 1. The van der Waals surface area contributed by atoms with Gasteiger partial charge in [-0.25, -0.2) is 4.98 Å². The van der Waals surface area contributed by atoms with Crippen LogP contribution in [0.3, 0.4) is 0 Å². The van der Waals surface area contributed by atoms with Gasteiger partial charge < -0.3 is 14.5 Å². The number of nitrogens with one attached hydrogen (secondary N) is 1. The van der Waals surface area contributed by atoms with E-state index in [9.17, 15) is 0 Å². The molecule has 0 atom stereocenters. The number of nitrogens with zero attached hydrogens (tertiary/aromatic N) is 1. The third-order valence-corrected chi connectivity index (χ3v) is 4.13. The summed E-state index contributed by atoms with van der Waals surface area (Å²) in [7, 11) is 1.70. The molecule has 0 saturated heterocycles. The molecule has 0 aliphatic rings. The summed E-state index contributed by atoms with van der Waals surface area (Å²) in [6.07, 6.45) is 2.61. The summed E-state index contributed by atoms with van der Waals surface area (Å²) >= 11 is 1.75. The first-order valence-corrected chi connectivity index (χ1v) is 7.24. The van der Waals surface area contributed by atoms with Crippen molar-refractivity contribution in [1.29, 1.82) is 0 Å². The molecule has 2 heterocycles. The molecular formula is C14H20N2O2S. The number of ether oxygens (including phenoxy) is 1. The number of aromatic nitrogens is 1. The third kappa shape index (κ3) is 3.89. The Labute approximate surface area is 117 Å². The van der Waals surface area contributed by atoms with Crippen molar-refractivity contribution in [1.82, 2.24) is 10.3 Å². The van der Waals surface area contributed by atoms with Crippen LogP contribution in [0.2, 0.25) is 0 Å². The number of rotatable bonds is 7. The van der Waals surface area contributed by atoms with E-state index in [-0.39, 0.29) is 0 Å². The SMILES string of the molecule is COCCNCCc1ncc(-c2cc(C)c(C)s2)o1. The molecule has 0 unspecified atom stereocenters. The van der Waals surface area contributed by atoms with Gasteiger partial charge in [0.1, 0.15) is 0 Å². The van der Waals surface area contributed by atoms with E-state index >= 15 is 0 Å². The molecule has 2 aromatic heterocycles. The summed E-state index contributed by atoms with van der Waals surface area (Å²) in [4.78, 5) is 6.80. The van der Waals surface area contributed by atoms with Crippen molar-refractivity contribution in [2.75, 3.05) is 26.8 Å². The molecule has 2 rings (SSSR count). The Morgan fingerprint density at radius 2 is 2.21 bits per heavy atom. The minimum absolute atomic E-state index is 0.727. The van der Waals surface area contributed by atoms with Crippen molar-refractivity contribution in [3.05, 3.63) is 28.6 Å². The predicted molar refractivity (Wildman–Crippen MR) is 77.7 cm³/mol. The molecule has 0 aliphatic heterocycles. The quantitative estimate of drug-likeness (QED) is 0.792. The normalized spacial score (nSPS) is 11.1. The summed E-state index contributed by atoms with van der Waals surface area (Å²) in [6.45, 7) is 6.68. The monoisotopic (exact) mass is 280 g/mol. The van der Waals surface area contributed by atoms with E-state index in [1.54, 1.807) is 18.4 Å². The van der Waals surface area contributed by atoms with Crippen molar-refractivity contribution >= 4 is 11.3 Å². The fraction of sp³-hybridized carbons (Fsp3) is 0.500. The van der Waals surface area contributed by atoms with Crippen LogP contribution in [0.1, 0.15) is 16.3 Å². The Balaban J connectivity index is 1.88. The Morgan fingerprint density at radius 3 is 2.89 bits per heavy atom. The Bertz CT molecular complexity index is 500. The number of hydrogen-bond donors (Lipinski definition) is 1. The average molecular weight is 280 g/mol. The van der Waals surface area contributed by atoms with Gasteiger partial charge in [0.15, 0.2) is 11.7 Å². The predicted octanol–water partition coefficient (Wildman–Crippen LogP) is 2.80. The van der Waals surface area contributed by atoms with E-state index < -0.39 is 0 Å². The summed E-state index contributed by atoms with van der Waals surface area (Å²) in [5.41, 5.74) is 1.30. The fourth-order valence-electron chi connectivity index (χ4n) is 1.73. The second kappa shape index (κ2) is 6.84. The van der Waals surface area contributed by atoms with Crippen LogP contribution in [-0.2, 0) is 11.2 Å². The van der Waals surface area contributed by atoms with Gasteiger partial charge in [0.2, 0.25) is 0 Å². The summed E-state index contributed by atoms with van der Waals surface area (Å²) < 4.78 is 10.7. The van der Waals surface area contributed by atoms with Crippen LogP contribution in [0.15, 0.2) is 16.7 Å². The zero-order chi connectivity index (χ0) is 13.7. The van der Waals surface area contributed by atoms with Gasteiger partial charge in [-0.2, -0.15) is 0 Å². The summed E-state index contributed by atoms with van der Waals surface area (Å²) in [5, 5.41) is 3.27. The minimum Gasteiger partial charge on any atom is -0.440 e. The molecule has 0 radical (unpaired) electrons. The van der Waals surface area contributed by atoms with Gasteiger partial charge in [0.05, 0.1) is 17.7 Å². The number of methoxy groups -OCH3 is 1. The molecule has 104 valence electrons. The van der Waals surface area contributed by atoms with Crippen molar-refractivity contribution in [3.8, 4) is 10.6 Å². The Kier molecular flexibility index (Phi) is 5.13. The zero-order valence-electron chi connectivity index (χ0n) is 11.7. The van der Waals surface area contributed by atoms with Crippen LogP contribution < -0.4 is 5.32 Å². The van der Waals surface area contributed by atoms with Crippen molar-refractivity contribution in [3.63, 3.8) is 0 Å². The van der Waals surface area contributed by atoms with Crippen LogP contribution in [0.4, 0.5) is 0 Å². The zero-order valence-corrected chi connectivity index (χ0v) is 12.5. The highest BCUT2D eigenvalue weighted by Crippen LogP contribution is 2.30. The molecule has 0 spiro atoms. The molecule has 0 bridgehead atoms. The molecule has 0 amide bonds. The van der Waals surface area contributed by atoms with E-state index in [4.69, 9.17) is 9.15 Å². The maximum atomic E-state index is 5.77. The highest BCUT2D eigenvalue weighted by molar-refractivity contribution is 7.15. The lowest BCUT2D eigenvalue weighted by Crippen LogP contribution is -2.21. The second-order valence-electron chi connectivity index (χ2n) is 4.46. The molecule has 2 aromatic rings. The van der Waals surface area contributed by atoms with Gasteiger partial charge in [-0.15, -0.1) is 11.3 Å². The van der Waals surface area contributed by atoms with Gasteiger partial charge in [-0.3, -0.25) is 0 Å². The van der Waals surface area contributed by atoms with Gasteiger partial charge >= 0.3 is 0 Å². The smallest absolute Gasteiger partial charge is 0.196 e. The van der Waals surface area contributed by atoms with Crippen molar-refractivity contribution in [2.45, 2.75) is 20.3 Å². The van der Waals surface area contributed by atoms with Crippen molar-refractivity contribution < 1.29 is 9.15 Å². The lowest BCUT2D eigenvalue weighted by Gasteiger charge is -2.00. The maximum absolute atomic E-state index is 5.77. The lowest BCUT2D eigenvalue weighted by atomic mass is 10.3. The largest absolute Gasteiger partial charge is 0.440 e. The number of hydrogen-bond acceptors (Lipinski definition) is 5.